The molecular formula is C17H20ClN3O3S. The number of aryl methyl sites for hydroxylation is 1. The summed E-state index contributed by atoms with van der Waals surface area (Å²) in [6, 6.07) is 7.88. The molecule has 25 heavy (non-hydrogen) atoms. The number of amides is 1. The number of sulfonamides is 1. The van der Waals surface area contributed by atoms with Gasteiger partial charge in [0.1, 0.15) is 5.15 Å². The average molecular weight is 382 g/mol. The van der Waals surface area contributed by atoms with Gasteiger partial charge in [-0.2, -0.15) is 4.31 Å². The minimum absolute atomic E-state index is 0.184. The molecule has 1 aromatic carbocycles. The molecule has 0 bridgehead atoms. The Balaban J connectivity index is 2.33. The number of aromatic nitrogens is 1. The van der Waals surface area contributed by atoms with E-state index in [0.717, 1.165) is 0 Å². The van der Waals surface area contributed by atoms with Crippen LogP contribution in [0.5, 0.6) is 0 Å². The Labute approximate surface area is 152 Å². The number of hydrogen-bond acceptors (Lipinski definition) is 4. The van der Waals surface area contributed by atoms with E-state index in [1.54, 1.807) is 39.0 Å². The predicted molar refractivity (Wildman–Crippen MR) is 98.5 cm³/mol. The quantitative estimate of drug-likeness (QED) is 0.778. The van der Waals surface area contributed by atoms with Crippen LogP contribution in [0.3, 0.4) is 0 Å². The van der Waals surface area contributed by atoms with Crippen molar-refractivity contribution in [2.24, 2.45) is 0 Å². The first kappa shape index (κ1) is 19.4. The van der Waals surface area contributed by atoms with E-state index in [2.05, 4.69) is 10.3 Å². The average Bonchev–Trinajstić information content (AvgIpc) is 2.57. The number of hydrogen-bond donors (Lipinski definition) is 1. The van der Waals surface area contributed by atoms with E-state index < -0.39 is 10.0 Å². The van der Waals surface area contributed by atoms with Crippen LogP contribution in [0, 0.1) is 6.92 Å². The number of carbonyl (C=O) groups excluding carboxylic acids is 1. The summed E-state index contributed by atoms with van der Waals surface area (Å²) in [7, 11) is -3.61. The lowest BCUT2D eigenvalue weighted by atomic mass is 10.2. The normalized spacial score (nSPS) is 11.6. The van der Waals surface area contributed by atoms with Crippen molar-refractivity contribution in [3.8, 4) is 0 Å². The highest BCUT2D eigenvalue weighted by molar-refractivity contribution is 7.89. The summed E-state index contributed by atoms with van der Waals surface area (Å²) in [6.07, 6.45) is 1.36. The van der Waals surface area contributed by atoms with Crippen LogP contribution in [0.2, 0.25) is 5.15 Å². The topological polar surface area (TPSA) is 79.4 Å². The van der Waals surface area contributed by atoms with Gasteiger partial charge in [0.15, 0.2) is 0 Å². The zero-order chi connectivity index (χ0) is 18.6. The Morgan fingerprint density at radius 1 is 1.20 bits per heavy atom. The maximum absolute atomic E-state index is 12.7. The van der Waals surface area contributed by atoms with Gasteiger partial charge in [0.2, 0.25) is 10.0 Å². The summed E-state index contributed by atoms with van der Waals surface area (Å²) in [6.45, 7) is 6.06. The molecule has 0 aliphatic heterocycles. The van der Waals surface area contributed by atoms with Crippen molar-refractivity contribution in [2.75, 3.05) is 18.4 Å². The van der Waals surface area contributed by atoms with Gasteiger partial charge in [0.25, 0.3) is 5.91 Å². The highest BCUT2D eigenvalue weighted by Gasteiger charge is 2.24. The van der Waals surface area contributed by atoms with Gasteiger partial charge in [-0.05, 0) is 36.8 Å². The third-order valence-electron chi connectivity index (χ3n) is 3.76. The molecule has 6 nitrogen and oxygen atoms in total. The van der Waals surface area contributed by atoms with Crippen molar-refractivity contribution < 1.29 is 13.2 Å². The summed E-state index contributed by atoms with van der Waals surface area (Å²) < 4.78 is 26.9. The van der Waals surface area contributed by atoms with E-state index in [1.165, 1.54) is 22.6 Å². The molecule has 0 atom stereocenters. The molecule has 2 rings (SSSR count). The van der Waals surface area contributed by atoms with Crippen molar-refractivity contribution in [3.63, 3.8) is 0 Å². The fraction of sp³-hybridized carbons (Fsp3) is 0.294. The van der Waals surface area contributed by atoms with Gasteiger partial charge in [0, 0.05) is 25.0 Å². The predicted octanol–water partition coefficient (Wildman–Crippen LogP) is 3.33. The third-order valence-corrected chi connectivity index (χ3v) is 6.17. The minimum Gasteiger partial charge on any atom is -0.322 e. The van der Waals surface area contributed by atoms with Crippen LogP contribution < -0.4 is 5.32 Å². The van der Waals surface area contributed by atoms with Crippen molar-refractivity contribution in [1.29, 1.82) is 0 Å². The first-order valence-electron chi connectivity index (χ1n) is 7.83. The van der Waals surface area contributed by atoms with Crippen LogP contribution in [-0.4, -0.2) is 36.7 Å². The Morgan fingerprint density at radius 2 is 1.88 bits per heavy atom. The molecule has 0 aliphatic carbocycles. The summed E-state index contributed by atoms with van der Waals surface area (Å²) in [5.74, 6) is -0.390. The fourth-order valence-electron chi connectivity index (χ4n) is 2.37. The third kappa shape index (κ3) is 4.36. The van der Waals surface area contributed by atoms with Gasteiger partial charge in [-0.3, -0.25) is 4.79 Å². The molecule has 0 radical (unpaired) electrons. The fourth-order valence-corrected chi connectivity index (χ4v) is 4.19. The smallest absolute Gasteiger partial charge is 0.257 e. The second kappa shape index (κ2) is 7.95. The molecule has 0 saturated carbocycles. The molecule has 0 spiro atoms. The summed E-state index contributed by atoms with van der Waals surface area (Å²) >= 11 is 5.71. The number of carbonyl (C=O) groups is 1. The monoisotopic (exact) mass is 381 g/mol. The zero-order valence-corrected chi connectivity index (χ0v) is 15.9. The first-order valence-corrected chi connectivity index (χ1v) is 9.65. The number of nitrogens with one attached hydrogen (secondary N) is 1. The largest absolute Gasteiger partial charge is 0.322 e. The Morgan fingerprint density at radius 3 is 2.44 bits per heavy atom. The summed E-state index contributed by atoms with van der Waals surface area (Å²) in [5.41, 5.74) is 1.35. The van der Waals surface area contributed by atoms with Crippen molar-refractivity contribution >= 4 is 33.2 Å². The van der Waals surface area contributed by atoms with Crippen LogP contribution >= 0.6 is 11.6 Å². The molecule has 1 N–H and O–H groups in total. The lowest BCUT2D eigenvalue weighted by Gasteiger charge is -2.20. The van der Waals surface area contributed by atoms with Crippen molar-refractivity contribution in [2.45, 2.75) is 25.7 Å². The SMILES string of the molecule is CCN(CC)S(=O)(=O)c1cc(NC(=O)c2ccc(Cl)nc2)ccc1C. The van der Waals surface area contributed by atoms with Crippen LogP contribution in [0.25, 0.3) is 0 Å². The maximum atomic E-state index is 12.7. The molecule has 1 amide bonds. The molecule has 1 aromatic heterocycles. The second-order valence-electron chi connectivity index (χ2n) is 5.39. The Kier molecular flexibility index (Phi) is 6.16. The first-order chi connectivity index (χ1) is 11.8. The zero-order valence-electron chi connectivity index (χ0n) is 14.3. The van der Waals surface area contributed by atoms with Gasteiger partial charge in [-0.25, -0.2) is 13.4 Å². The van der Waals surface area contributed by atoms with Crippen LogP contribution in [0.15, 0.2) is 41.4 Å². The number of benzene rings is 1. The highest BCUT2D eigenvalue weighted by atomic mass is 35.5. The van der Waals surface area contributed by atoms with Crippen LogP contribution in [0.1, 0.15) is 29.8 Å². The van der Waals surface area contributed by atoms with Gasteiger partial charge in [-0.1, -0.05) is 31.5 Å². The summed E-state index contributed by atoms with van der Waals surface area (Å²) in [4.78, 5) is 16.3. The highest BCUT2D eigenvalue weighted by Crippen LogP contribution is 2.24. The van der Waals surface area contributed by atoms with E-state index in [9.17, 15) is 13.2 Å². The molecule has 8 heteroatoms. The Bertz CT molecular complexity index is 863. The Hall–Kier alpha value is -1.96. The number of nitrogens with zero attached hydrogens (tertiary/aromatic N) is 2. The van der Waals surface area contributed by atoms with E-state index in [-0.39, 0.29) is 10.8 Å². The van der Waals surface area contributed by atoms with Gasteiger partial charge < -0.3 is 5.32 Å². The summed E-state index contributed by atoms with van der Waals surface area (Å²) in [5, 5.41) is 2.98. The standard InChI is InChI=1S/C17H20ClN3O3S/c1-4-21(5-2)25(23,24)15-10-14(8-6-12(15)3)20-17(22)13-7-9-16(18)19-11-13/h6-11H,4-5H2,1-3H3,(H,20,22). The van der Waals surface area contributed by atoms with Gasteiger partial charge >= 0.3 is 0 Å². The van der Waals surface area contributed by atoms with Crippen LogP contribution in [-0.2, 0) is 10.0 Å². The van der Waals surface area contributed by atoms with Crippen molar-refractivity contribution in [1.82, 2.24) is 9.29 Å². The lowest BCUT2D eigenvalue weighted by Crippen LogP contribution is -2.31. The molecule has 0 aliphatic rings. The van der Waals surface area contributed by atoms with E-state index >= 15 is 0 Å². The maximum Gasteiger partial charge on any atom is 0.257 e. The molecule has 1 heterocycles. The second-order valence-corrected chi connectivity index (χ2v) is 7.69. The molecule has 2 aromatic rings. The van der Waals surface area contributed by atoms with E-state index in [1.807, 2.05) is 0 Å². The number of anilines is 1. The van der Waals surface area contributed by atoms with Gasteiger partial charge in [0.05, 0.1) is 10.5 Å². The number of pyridine rings is 1. The molecular weight excluding hydrogens is 362 g/mol. The van der Waals surface area contributed by atoms with E-state index in [4.69, 9.17) is 11.6 Å². The molecule has 134 valence electrons. The molecule has 0 saturated heterocycles. The van der Waals surface area contributed by atoms with E-state index in [0.29, 0.717) is 35.1 Å². The van der Waals surface area contributed by atoms with Crippen molar-refractivity contribution in [3.05, 3.63) is 52.8 Å². The minimum atomic E-state index is -3.61. The lowest BCUT2D eigenvalue weighted by molar-refractivity contribution is 0.102. The van der Waals surface area contributed by atoms with Crippen LogP contribution in [0.4, 0.5) is 5.69 Å². The molecule has 0 unspecified atom stereocenters. The number of rotatable bonds is 6. The molecule has 0 fully saturated rings. The van der Waals surface area contributed by atoms with Gasteiger partial charge in [-0.15, -0.1) is 0 Å². The number of halogens is 1.